The number of benzene rings is 3. The molecule has 176 valence electrons. The molecule has 0 saturated heterocycles. The normalized spacial score (nSPS) is 11.0. The molecule has 8 heteroatoms. The third-order valence-electron chi connectivity index (χ3n) is 4.88. The van der Waals surface area contributed by atoms with Crippen LogP contribution in [0, 0.1) is 6.92 Å². The van der Waals surface area contributed by atoms with Gasteiger partial charge in [0.25, 0.3) is 5.91 Å². The molecule has 0 unspecified atom stereocenters. The Balaban J connectivity index is 1.62. The van der Waals surface area contributed by atoms with Gasteiger partial charge in [0.15, 0.2) is 6.61 Å². The molecule has 0 fully saturated rings. The lowest BCUT2D eigenvalue weighted by atomic mass is 10.0. The Labute approximate surface area is 212 Å². The molecule has 3 aromatic rings. The van der Waals surface area contributed by atoms with E-state index in [-0.39, 0.29) is 6.61 Å². The summed E-state index contributed by atoms with van der Waals surface area (Å²) in [7, 11) is 0. The lowest BCUT2D eigenvalue weighted by molar-refractivity contribution is -0.123. The van der Waals surface area contributed by atoms with Gasteiger partial charge in [-0.15, -0.1) is 0 Å². The number of hydrazone groups is 1. The SMILES string of the molecule is Cc1ccc(C(C)C)cc1OCC(=O)NN=Cc1cc(Br)ccc1OC(=O)c1ccc(Cl)cc1. The molecule has 0 aliphatic rings. The first-order chi connectivity index (χ1) is 16.2. The van der Waals surface area contributed by atoms with Crippen LogP contribution in [-0.4, -0.2) is 24.7 Å². The van der Waals surface area contributed by atoms with Gasteiger partial charge in [-0.2, -0.15) is 5.10 Å². The van der Waals surface area contributed by atoms with Gasteiger partial charge < -0.3 is 9.47 Å². The average molecular weight is 544 g/mol. The fourth-order valence-electron chi connectivity index (χ4n) is 2.94. The van der Waals surface area contributed by atoms with Gasteiger partial charge in [0.2, 0.25) is 0 Å². The third-order valence-corrected chi connectivity index (χ3v) is 5.63. The van der Waals surface area contributed by atoms with Gasteiger partial charge in [-0.25, -0.2) is 10.2 Å². The summed E-state index contributed by atoms with van der Waals surface area (Å²) in [6.07, 6.45) is 1.40. The van der Waals surface area contributed by atoms with Crippen molar-refractivity contribution in [3.63, 3.8) is 0 Å². The molecule has 6 nitrogen and oxygen atoms in total. The van der Waals surface area contributed by atoms with Gasteiger partial charge in [-0.1, -0.05) is 53.5 Å². The van der Waals surface area contributed by atoms with E-state index in [9.17, 15) is 9.59 Å². The van der Waals surface area contributed by atoms with Crippen LogP contribution >= 0.6 is 27.5 Å². The van der Waals surface area contributed by atoms with Crippen LogP contribution in [-0.2, 0) is 4.79 Å². The maximum absolute atomic E-state index is 12.5. The minimum Gasteiger partial charge on any atom is -0.483 e. The predicted octanol–water partition coefficient (Wildman–Crippen LogP) is 6.28. The molecular weight excluding hydrogens is 520 g/mol. The first-order valence-electron chi connectivity index (χ1n) is 10.6. The number of esters is 1. The molecular formula is C26H24BrClN2O4. The summed E-state index contributed by atoms with van der Waals surface area (Å²) in [4.78, 5) is 24.7. The number of nitrogens with zero attached hydrogens (tertiary/aromatic N) is 1. The third kappa shape index (κ3) is 7.17. The number of hydrogen-bond donors (Lipinski definition) is 1. The van der Waals surface area contributed by atoms with Crippen molar-refractivity contribution in [2.24, 2.45) is 5.10 Å². The van der Waals surface area contributed by atoms with Crippen LogP contribution in [0.3, 0.4) is 0 Å². The molecule has 1 N–H and O–H groups in total. The smallest absolute Gasteiger partial charge is 0.343 e. The molecule has 0 aliphatic heterocycles. The zero-order valence-corrected chi connectivity index (χ0v) is 21.3. The van der Waals surface area contributed by atoms with Crippen LogP contribution in [0.15, 0.2) is 70.2 Å². The number of ether oxygens (including phenoxy) is 2. The fraction of sp³-hybridized carbons (Fsp3) is 0.192. The number of hydrogen-bond acceptors (Lipinski definition) is 5. The summed E-state index contributed by atoms with van der Waals surface area (Å²) >= 11 is 9.25. The summed E-state index contributed by atoms with van der Waals surface area (Å²) in [5.74, 6) is 0.354. The Morgan fingerprint density at radius 1 is 1.06 bits per heavy atom. The van der Waals surface area contributed by atoms with E-state index in [0.717, 1.165) is 15.6 Å². The molecule has 0 aromatic heterocycles. The van der Waals surface area contributed by atoms with Gasteiger partial charge in [0.1, 0.15) is 11.5 Å². The zero-order chi connectivity index (χ0) is 24.7. The molecule has 0 aliphatic carbocycles. The summed E-state index contributed by atoms with van der Waals surface area (Å²) in [6.45, 7) is 5.93. The van der Waals surface area contributed by atoms with Gasteiger partial charge in [0, 0.05) is 15.1 Å². The Kier molecular flexibility index (Phi) is 8.85. The van der Waals surface area contributed by atoms with Crippen molar-refractivity contribution in [1.29, 1.82) is 0 Å². The van der Waals surface area contributed by atoms with Crippen LogP contribution in [0.25, 0.3) is 0 Å². The van der Waals surface area contributed by atoms with E-state index in [0.29, 0.717) is 33.6 Å². The van der Waals surface area contributed by atoms with Crippen molar-refractivity contribution in [2.45, 2.75) is 26.7 Å². The molecule has 0 spiro atoms. The number of amides is 1. The Morgan fingerprint density at radius 3 is 2.50 bits per heavy atom. The summed E-state index contributed by atoms with van der Waals surface area (Å²) < 4.78 is 11.9. The molecule has 34 heavy (non-hydrogen) atoms. The first kappa shape index (κ1) is 25.5. The van der Waals surface area contributed by atoms with Crippen LogP contribution in [0.5, 0.6) is 11.5 Å². The highest BCUT2D eigenvalue weighted by Gasteiger charge is 2.12. The monoisotopic (exact) mass is 542 g/mol. The predicted molar refractivity (Wildman–Crippen MR) is 137 cm³/mol. The molecule has 3 rings (SSSR count). The quantitative estimate of drug-likeness (QED) is 0.157. The summed E-state index contributed by atoms with van der Waals surface area (Å²) in [5, 5.41) is 4.50. The fourth-order valence-corrected chi connectivity index (χ4v) is 3.44. The number of halogens is 2. The number of carbonyl (C=O) groups excluding carboxylic acids is 2. The van der Waals surface area contributed by atoms with Crippen molar-refractivity contribution in [2.75, 3.05) is 6.61 Å². The number of nitrogens with one attached hydrogen (secondary N) is 1. The van der Waals surface area contributed by atoms with Crippen molar-refractivity contribution >= 4 is 45.6 Å². The molecule has 0 atom stereocenters. The summed E-state index contributed by atoms with van der Waals surface area (Å²) in [5.41, 5.74) is 5.37. The van der Waals surface area contributed by atoms with E-state index in [2.05, 4.69) is 40.3 Å². The Morgan fingerprint density at radius 2 is 1.79 bits per heavy atom. The molecule has 3 aromatic carbocycles. The topological polar surface area (TPSA) is 77.0 Å². The second-order valence-corrected chi connectivity index (χ2v) is 9.19. The van der Waals surface area contributed by atoms with Gasteiger partial charge in [-0.05, 0) is 72.5 Å². The van der Waals surface area contributed by atoms with E-state index >= 15 is 0 Å². The van der Waals surface area contributed by atoms with E-state index in [1.807, 2.05) is 25.1 Å². The second-order valence-electron chi connectivity index (χ2n) is 7.84. The standard InChI is InChI=1S/C26H24BrClN2O4/c1-16(2)19-5-4-17(3)24(13-19)33-15-25(31)30-29-14-20-12-21(27)8-11-23(20)34-26(32)18-6-9-22(28)10-7-18/h4-14,16H,15H2,1-3H3,(H,30,31). The number of carbonyl (C=O) groups is 2. The van der Waals surface area contributed by atoms with Crippen molar-refractivity contribution in [1.82, 2.24) is 5.43 Å². The first-order valence-corrected chi connectivity index (χ1v) is 11.7. The van der Waals surface area contributed by atoms with Gasteiger partial charge >= 0.3 is 5.97 Å². The van der Waals surface area contributed by atoms with Crippen molar-refractivity contribution in [3.05, 3.63) is 92.4 Å². The van der Waals surface area contributed by atoms with Crippen LogP contribution in [0.1, 0.15) is 46.8 Å². The average Bonchev–Trinajstić information content (AvgIpc) is 2.80. The minimum absolute atomic E-state index is 0.184. The van der Waals surface area contributed by atoms with Crippen molar-refractivity contribution in [3.8, 4) is 11.5 Å². The molecule has 0 bridgehead atoms. The molecule has 1 amide bonds. The summed E-state index contributed by atoms with van der Waals surface area (Å²) in [6, 6.07) is 17.4. The van der Waals surface area contributed by atoms with E-state index in [4.69, 9.17) is 21.1 Å². The number of aryl methyl sites for hydroxylation is 1. The van der Waals surface area contributed by atoms with E-state index < -0.39 is 11.9 Å². The molecule has 0 heterocycles. The van der Waals surface area contributed by atoms with Gasteiger partial charge in [0.05, 0.1) is 11.8 Å². The van der Waals surface area contributed by atoms with Crippen LogP contribution in [0.2, 0.25) is 5.02 Å². The Hall–Kier alpha value is -3.16. The maximum Gasteiger partial charge on any atom is 0.343 e. The Bertz CT molecular complexity index is 1210. The van der Waals surface area contributed by atoms with Crippen molar-refractivity contribution < 1.29 is 19.1 Å². The number of rotatable bonds is 8. The van der Waals surface area contributed by atoms with Crippen LogP contribution < -0.4 is 14.9 Å². The minimum atomic E-state index is -0.537. The lowest BCUT2D eigenvalue weighted by Gasteiger charge is -2.12. The lowest BCUT2D eigenvalue weighted by Crippen LogP contribution is -2.24. The largest absolute Gasteiger partial charge is 0.483 e. The molecule has 0 radical (unpaired) electrons. The highest BCUT2D eigenvalue weighted by Crippen LogP contribution is 2.25. The van der Waals surface area contributed by atoms with Crippen LogP contribution in [0.4, 0.5) is 0 Å². The van der Waals surface area contributed by atoms with Gasteiger partial charge in [-0.3, -0.25) is 4.79 Å². The highest BCUT2D eigenvalue weighted by molar-refractivity contribution is 9.10. The van der Waals surface area contributed by atoms with E-state index in [1.54, 1.807) is 42.5 Å². The molecule has 0 saturated carbocycles. The second kappa shape index (κ2) is 11.8. The maximum atomic E-state index is 12.5. The van der Waals surface area contributed by atoms with E-state index in [1.165, 1.54) is 6.21 Å². The zero-order valence-electron chi connectivity index (χ0n) is 19.0. The highest BCUT2D eigenvalue weighted by atomic mass is 79.9.